The van der Waals surface area contributed by atoms with E-state index in [9.17, 15) is 0 Å². The molecule has 0 amide bonds. The van der Waals surface area contributed by atoms with Gasteiger partial charge in [-0.15, -0.1) is 33.7 Å². The number of aromatic nitrogens is 8. The summed E-state index contributed by atoms with van der Waals surface area (Å²) in [4.78, 5) is 4.08. The average Bonchev–Trinajstić information content (AvgIpc) is 3.85. The third kappa shape index (κ3) is 7.03. The number of nitrogens with zero attached hydrogens (tertiary/aromatic N) is 8. The smallest absolute Gasteiger partial charge is 0.241 e. The fourth-order valence-corrected chi connectivity index (χ4v) is 4.56. The quantitative estimate of drug-likeness (QED) is 0.196. The number of hydrogen-bond acceptors (Lipinski definition) is 3. The first kappa shape index (κ1) is 30.2. The van der Waals surface area contributed by atoms with E-state index in [1.807, 2.05) is 112 Å². The molecule has 44 heavy (non-hydrogen) atoms. The molecule has 0 saturated heterocycles. The first-order chi connectivity index (χ1) is 21.2. The first-order valence-electron chi connectivity index (χ1n) is 13.6. The van der Waals surface area contributed by atoms with E-state index in [2.05, 4.69) is 81.6 Å². The number of benzene rings is 4. The van der Waals surface area contributed by atoms with Crippen LogP contribution in [0.3, 0.4) is 0 Å². The Morgan fingerprint density at radius 3 is 1.68 bits per heavy atom. The minimum Gasteiger partial charge on any atom is -0.358 e. The van der Waals surface area contributed by atoms with Crippen LogP contribution in [0, 0.1) is 24.8 Å². The standard InChI is InChI=1S/2C14H11N2.C7H5N4.Ir/c2*1-15-9-10-16(11-15)14-8-4-6-12-5-2-3-7-13(12)14;1-2-4-8-6(3-1)7-5-9-11-10-7;/h2*2-7,9-10H,1H3;1-5H;/q3*-1;. The van der Waals surface area contributed by atoms with Crippen molar-refractivity contribution in [3.05, 3.63) is 153 Å². The Bertz CT molecular complexity index is 1940. The maximum absolute atomic E-state index is 4.08. The molecule has 0 unspecified atom stereocenters. The molecule has 0 aliphatic rings. The average molecular weight is 752 g/mol. The van der Waals surface area contributed by atoms with Gasteiger partial charge in [0, 0.05) is 51.1 Å². The molecule has 0 aliphatic carbocycles. The molecule has 0 atom stereocenters. The third-order valence-corrected chi connectivity index (χ3v) is 6.60. The molecule has 0 aliphatic heterocycles. The van der Waals surface area contributed by atoms with Crippen LogP contribution in [0.15, 0.2) is 128 Å². The van der Waals surface area contributed by atoms with Gasteiger partial charge in [0.25, 0.3) is 0 Å². The molecular formula is C35H27IrN8-3. The molecule has 1 radical (unpaired) electrons. The van der Waals surface area contributed by atoms with Crippen LogP contribution in [0.1, 0.15) is 0 Å². The van der Waals surface area contributed by atoms with E-state index in [4.69, 9.17) is 0 Å². The van der Waals surface area contributed by atoms with E-state index < -0.39 is 0 Å². The molecule has 8 rings (SSSR count). The molecule has 8 aromatic rings. The molecular weight excluding hydrogens is 725 g/mol. The van der Waals surface area contributed by atoms with E-state index in [-0.39, 0.29) is 20.1 Å². The zero-order valence-electron chi connectivity index (χ0n) is 24.0. The Morgan fingerprint density at radius 1 is 0.682 bits per heavy atom. The minimum atomic E-state index is 0. The number of rotatable bonds is 3. The Balaban J connectivity index is 0.000000132. The summed E-state index contributed by atoms with van der Waals surface area (Å²) >= 11 is 0. The number of aryl methyl sites for hydroxylation is 2. The summed E-state index contributed by atoms with van der Waals surface area (Å²) in [5, 5.41) is 15.6. The monoisotopic (exact) mass is 752 g/mol. The first-order valence-corrected chi connectivity index (χ1v) is 13.6. The molecule has 4 aromatic carbocycles. The summed E-state index contributed by atoms with van der Waals surface area (Å²) in [7, 11) is 3.92. The SMILES string of the molecule is C[n+]1[c-]n(-c2[c-]ccc3ccccc23)cc1.C[n+]1[c-]n(-c2[c-]ccc3ccccc23)cc1.[Ir].c1ccc(-c2cnn[n-]2)nc1. The second-order valence-electron chi connectivity index (χ2n) is 9.62. The zero-order chi connectivity index (χ0) is 29.4. The Morgan fingerprint density at radius 2 is 1.23 bits per heavy atom. The minimum absolute atomic E-state index is 0. The maximum Gasteiger partial charge on any atom is 0.241 e. The number of fused-ring (bicyclic) bond motifs is 2. The number of pyridine rings is 1. The number of imidazole rings is 2. The van der Waals surface area contributed by atoms with Gasteiger partial charge in [-0.1, -0.05) is 60.0 Å². The van der Waals surface area contributed by atoms with Gasteiger partial charge in [0.1, 0.15) is 0 Å². The summed E-state index contributed by atoms with van der Waals surface area (Å²) in [5.74, 6) is 0. The summed E-state index contributed by atoms with van der Waals surface area (Å²) < 4.78 is 7.72. The van der Waals surface area contributed by atoms with E-state index >= 15 is 0 Å². The predicted octanol–water partition coefficient (Wildman–Crippen LogP) is 4.60. The van der Waals surface area contributed by atoms with Gasteiger partial charge >= 0.3 is 0 Å². The van der Waals surface area contributed by atoms with Crippen LogP contribution in [0.4, 0.5) is 0 Å². The van der Waals surface area contributed by atoms with Crippen molar-refractivity contribution in [1.29, 1.82) is 0 Å². The fourth-order valence-electron chi connectivity index (χ4n) is 4.56. The fraction of sp³-hybridized carbons (Fsp3) is 0.0571. The molecule has 0 spiro atoms. The zero-order valence-corrected chi connectivity index (χ0v) is 26.4. The summed E-state index contributed by atoms with van der Waals surface area (Å²) in [6, 6.07) is 36.8. The van der Waals surface area contributed by atoms with Crippen molar-refractivity contribution in [2.45, 2.75) is 0 Å². The molecule has 4 heterocycles. The van der Waals surface area contributed by atoms with Crippen molar-refractivity contribution >= 4 is 21.5 Å². The second kappa shape index (κ2) is 14.3. The molecule has 4 aromatic heterocycles. The van der Waals surface area contributed by atoms with Crippen LogP contribution in [-0.2, 0) is 34.2 Å². The van der Waals surface area contributed by atoms with Crippen LogP contribution < -0.4 is 14.2 Å². The van der Waals surface area contributed by atoms with E-state index in [0.717, 1.165) is 17.1 Å². The second-order valence-corrected chi connectivity index (χ2v) is 9.62. The van der Waals surface area contributed by atoms with E-state index in [0.29, 0.717) is 5.69 Å². The van der Waals surface area contributed by atoms with Gasteiger partial charge in [-0.05, 0) is 17.8 Å². The van der Waals surface area contributed by atoms with Gasteiger partial charge in [0.05, 0.1) is 19.8 Å². The molecule has 8 nitrogen and oxygen atoms in total. The molecule has 0 saturated carbocycles. The van der Waals surface area contributed by atoms with Gasteiger partial charge in [-0.2, -0.15) is 36.4 Å². The Kier molecular flexibility index (Phi) is 9.81. The number of hydrogen-bond donors (Lipinski definition) is 0. The van der Waals surface area contributed by atoms with Crippen LogP contribution in [-0.4, -0.2) is 24.4 Å². The van der Waals surface area contributed by atoms with Gasteiger partial charge in [-0.3, -0.25) is 10.2 Å². The van der Waals surface area contributed by atoms with Crippen LogP contribution in [0.2, 0.25) is 0 Å². The van der Waals surface area contributed by atoms with Crippen molar-refractivity contribution in [2.75, 3.05) is 0 Å². The summed E-state index contributed by atoms with van der Waals surface area (Å²) in [6.45, 7) is 0. The van der Waals surface area contributed by atoms with Crippen molar-refractivity contribution in [1.82, 2.24) is 29.5 Å². The largest absolute Gasteiger partial charge is 0.358 e. The van der Waals surface area contributed by atoms with Gasteiger partial charge < -0.3 is 28.5 Å². The van der Waals surface area contributed by atoms with E-state index in [1.54, 1.807) is 12.4 Å². The predicted molar refractivity (Wildman–Crippen MR) is 163 cm³/mol. The van der Waals surface area contributed by atoms with Crippen molar-refractivity contribution in [2.24, 2.45) is 14.1 Å². The van der Waals surface area contributed by atoms with Gasteiger partial charge in [0.2, 0.25) is 12.7 Å². The maximum atomic E-state index is 4.08. The topological polar surface area (TPSA) is 70.4 Å². The van der Waals surface area contributed by atoms with Crippen LogP contribution >= 0.6 is 0 Å². The van der Waals surface area contributed by atoms with Crippen molar-refractivity contribution in [3.63, 3.8) is 0 Å². The normalized spacial score (nSPS) is 10.3. The molecule has 9 heteroatoms. The summed E-state index contributed by atoms with van der Waals surface area (Å²) in [6.07, 6.45) is 17.6. The van der Waals surface area contributed by atoms with Gasteiger partial charge in [0.15, 0.2) is 0 Å². The van der Waals surface area contributed by atoms with Crippen LogP contribution in [0.25, 0.3) is 44.3 Å². The Labute approximate surface area is 269 Å². The molecule has 219 valence electrons. The molecule has 0 N–H and O–H groups in total. The van der Waals surface area contributed by atoms with Crippen LogP contribution in [0.5, 0.6) is 0 Å². The molecule has 0 bridgehead atoms. The molecule has 0 fully saturated rings. The van der Waals surface area contributed by atoms with Gasteiger partial charge in [-0.25, -0.2) is 0 Å². The Hall–Kier alpha value is -5.24. The third-order valence-electron chi connectivity index (χ3n) is 6.60. The summed E-state index contributed by atoms with van der Waals surface area (Å²) in [5.41, 5.74) is 3.60. The van der Waals surface area contributed by atoms with E-state index in [1.165, 1.54) is 21.5 Å². The van der Waals surface area contributed by atoms with Crippen molar-refractivity contribution in [3.8, 4) is 22.8 Å². The van der Waals surface area contributed by atoms with Crippen molar-refractivity contribution < 1.29 is 29.2 Å².